The molecule has 4 nitrogen and oxygen atoms in total. The van der Waals surface area contributed by atoms with Crippen LogP contribution in [0.15, 0.2) is 42.6 Å². The third kappa shape index (κ3) is 4.17. The molecule has 3 rings (SSSR count). The van der Waals surface area contributed by atoms with E-state index in [1.165, 1.54) is 22.9 Å². The average Bonchev–Trinajstić information content (AvgIpc) is 3.06. The number of thiophene rings is 1. The number of unbranched alkanes of at least 4 members (excludes halogenated alkanes) is 3. The first-order valence-electron chi connectivity index (χ1n) is 8.55. The van der Waals surface area contributed by atoms with Crippen LogP contribution < -0.4 is 11.5 Å². The fraction of sp³-hybridized carbons (Fsp3) is 0.368. The molecule has 1 unspecified atom stereocenters. The summed E-state index contributed by atoms with van der Waals surface area (Å²) in [6.07, 6.45) is 7.26. The first kappa shape index (κ1) is 17.0. The normalized spacial score (nSPS) is 12.6. The summed E-state index contributed by atoms with van der Waals surface area (Å²) in [4.78, 5) is 10.3. The summed E-state index contributed by atoms with van der Waals surface area (Å²) in [6, 6.07) is 12.4. The Balaban J connectivity index is 1.69. The zero-order chi connectivity index (χ0) is 16.8. The molecule has 0 aliphatic heterocycles. The number of aromatic nitrogens is 2. The molecule has 126 valence electrons. The van der Waals surface area contributed by atoms with E-state index in [1.54, 1.807) is 11.3 Å². The molecular weight excluding hydrogens is 316 g/mol. The first-order valence-corrected chi connectivity index (χ1v) is 9.37. The van der Waals surface area contributed by atoms with E-state index in [-0.39, 0.29) is 6.04 Å². The van der Waals surface area contributed by atoms with Crippen LogP contribution in [0.1, 0.15) is 44.0 Å². The number of hydrogen-bond acceptors (Lipinski definition) is 5. The Morgan fingerprint density at radius 3 is 2.71 bits per heavy atom. The number of nitrogens with zero attached hydrogens (tertiary/aromatic N) is 2. The zero-order valence-corrected chi connectivity index (χ0v) is 14.6. The molecule has 2 heterocycles. The molecule has 3 aromatic rings. The zero-order valence-electron chi connectivity index (χ0n) is 13.8. The summed E-state index contributed by atoms with van der Waals surface area (Å²) in [5.41, 5.74) is 12.8. The molecule has 0 spiro atoms. The molecule has 0 bridgehead atoms. The van der Waals surface area contributed by atoms with Gasteiger partial charge in [-0.25, -0.2) is 9.97 Å². The van der Waals surface area contributed by atoms with E-state index in [9.17, 15) is 0 Å². The van der Waals surface area contributed by atoms with Gasteiger partial charge in [-0.2, -0.15) is 0 Å². The van der Waals surface area contributed by atoms with Gasteiger partial charge in [0.1, 0.15) is 5.82 Å². The predicted octanol–water partition coefficient (Wildman–Crippen LogP) is 4.27. The van der Waals surface area contributed by atoms with Gasteiger partial charge in [0, 0.05) is 10.9 Å². The number of rotatable bonds is 8. The van der Waals surface area contributed by atoms with Crippen LogP contribution in [-0.4, -0.2) is 16.5 Å². The van der Waals surface area contributed by atoms with Gasteiger partial charge in [0.05, 0.1) is 16.6 Å². The molecule has 0 amide bonds. The molecule has 1 atom stereocenters. The average molecular weight is 340 g/mol. The van der Waals surface area contributed by atoms with E-state index in [1.807, 2.05) is 12.3 Å². The fourth-order valence-electron chi connectivity index (χ4n) is 2.79. The second kappa shape index (κ2) is 8.33. The van der Waals surface area contributed by atoms with Gasteiger partial charge in [-0.3, -0.25) is 0 Å². The molecule has 24 heavy (non-hydrogen) atoms. The summed E-state index contributed by atoms with van der Waals surface area (Å²) in [5, 5.41) is 1.25. The minimum Gasteiger partial charge on any atom is -0.330 e. The maximum absolute atomic E-state index is 6.29. The lowest BCUT2D eigenvalue weighted by Gasteiger charge is -2.10. The third-order valence-electron chi connectivity index (χ3n) is 4.15. The second-order valence-electron chi connectivity index (χ2n) is 6.05. The van der Waals surface area contributed by atoms with Crippen molar-refractivity contribution in [1.82, 2.24) is 9.97 Å². The van der Waals surface area contributed by atoms with E-state index in [0.717, 1.165) is 42.2 Å². The molecule has 0 saturated carbocycles. The van der Waals surface area contributed by atoms with Crippen molar-refractivity contribution in [3.63, 3.8) is 0 Å². The van der Waals surface area contributed by atoms with Crippen LogP contribution in [0.2, 0.25) is 0 Å². The molecule has 2 aromatic heterocycles. The number of hydrogen-bond donors (Lipinski definition) is 2. The van der Waals surface area contributed by atoms with Crippen molar-refractivity contribution in [3.8, 4) is 10.6 Å². The molecule has 0 aliphatic rings. The van der Waals surface area contributed by atoms with Gasteiger partial charge in [0.15, 0.2) is 0 Å². The lowest BCUT2D eigenvalue weighted by molar-refractivity contribution is 0.542. The highest BCUT2D eigenvalue weighted by Crippen LogP contribution is 2.32. The van der Waals surface area contributed by atoms with Crippen molar-refractivity contribution in [1.29, 1.82) is 0 Å². The predicted molar refractivity (Wildman–Crippen MR) is 102 cm³/mol. The van der Waals surface area contributed by atoms with E-state index >= 15 is 0 Å². The van der Waals surface area contributed by atoms with Crippen LogP contribution >= 0.6 is 11.3 Å². The van der Waals surface area contributed by atoms with Gasteiger partial charge < -0.3 is 11.5 Å². The molecule has 0 fully saturated rings. The minimum absolute atomic E-state index is 0.0998. The molecule has 1 aromatic carbocycles. The van der Waals surface area contributed by atoms with Gasteiger partial charge >= 0.3 is 0 Å². The highest BCUT2D eigenvalue weighted by Gasteiger charge is 2.12. The van der Waals surface area contributed by atoms with E-state index < -0.39 is 0 Å². The SMILES string of the molecule is NCCCCCCC(N)c1nccc(-c2cc3ccccc3s2)n1. The van der Waals surface area contributed by atoms with Crippen molar-refractivity contribution in [3.05, 3.63) is 48.4 Å². The van der Waals surface area contributed by atoms with Crippen LogP contribution in [0.3, 0.4) is 0 Å². The number of fused-ring (bicyclic) bond motifs is 1. The monoisotopic (exact) mass is 340 g/mol. The smallest absolute Gasteiger partial charge is 0.145 e. The number of nitrogens with two attached hydrogens (primary N) is 2. The Kier molecular flexibility index (Phi) is 5.91. The van der Waals surface area contributed by atoms with Crippen LogP contribution in [-0.2, 0) is 0 Å². The van der Waals surface area contributed by atoms with Crippen molar-refractivity contribution < 1.29 is 0 Å². The molecular formula is C19H24N4S. The topological polar surface area (TPSA) is 77.8 Å². The maximum atomic E-state index is 6.29. The summed E-state index contributed by atoms with van der Waals surface area (Å²) >= 11 is 1.75. The molecule has 0 saturated heterocycles. The lowest BCUT2D eigenvalue weighted by atomic mass is 10.1. The van der Waals surface area contributed by atoms with Crippen molar-refractivity contribution in [2.75, 3.05) is 6.54 Å². The Morgan fingerprint density at radius 1 is 1.04 bits per heavy atom. The standard InChI is InChI=1S/C19H24N4S/c20-11-6-2-1-3-8-15(21)19-22-12-10-16(23-19)18-13-14-7-4-5-9-17(14)24-18/h4-5,7,9-10,12-13,15H,1-3,6,8,11,20-21H2. The first-order chi connectivity index (χ1) is 11.8. The molecule has 4 N–H and O–H groups in total. The van der Waals surface area contributed by atoms with E-state index in [0.29, 0.717) is 0 Å². The van der Waals surface area contributed by atoms with Crippen LogP contribution in [0.5, 0.6) is 0 Å². The van der Waals surface area contributed by atoms with Gasteiger partial charge in [-0.05, 0) is 43.0 Å². The lowest BCUT2D eigenvalue weighted by Crippen LogP contribution is -2.14. The Hall–Kier alpha value is -1.82. The molecule has 0 radical (unpaired) electrons. The maximum Gasteiger partial charge on any atom is 0.145 e. The van der Waals surface area contributed by atoms with Crippen LogP contribution in [0.4, 0.5) is 0 Å². The molecule has 0 aliphatic carbocycles. The fourth-order valence-corrected chi connectivity index (χ4v) is 3.82. The Labute approximate surface area is 146 Å². The third-order valence-corrected chi connectivity index (χ3v) is 5.29. The van der Waals surface area contributed by atoms with E-state index in [2.05, 4.69) is 35.3 Å². The highest BCUT2D eigenvalue weighted by molar-refractivity contribution is 7.22. The van der Waals surface area contributed by atoms with Crippen LogP contribution in [0, 0.1) is 0 Å². The molecule has 5 heteroatoms. The van der Waals surface area contributed by atoms with Crippen LogP contribution in [0.25, 0.3) is 20.7 Å². The van der Waals surface area contributed by atoms with E-state index in [4.69, 9.17) is 16.5 Å². The quantitative estimate of drug-likeness (QED) is 0.600. The largest absolute Gasteiger partial charge is 0.330 e. The second-order valence-corrected chi connectivity index (χ2v) is 7.13. The summed E-state index contributed by atoms with van der Waals surface area (Å²) in [7, 11) is 0. The van der Waals surface area contributed by atoms with Crippen molar-refractivity contribution >= 4 is 21.4 Å². The van der Waals surface area contributed by atoms with Gasteiger partial charge in [-0.15, -0.1) is 11.3 Å². The van der Waals surface area contributed by atoms with Gasteiger partial charge in [-0.1, -0.05) is 37.5 Å². The van der Waals surface area contributed by atoms with Gasteiger partial charge in [0.25, 0.3) is 0 Å². The highest BCUT2D eigenvalue weighted by atomic mass is 32.1. The van der Waals surface area contributed by atoms with Crippen molar-refractivity contribution in [2.45, 2.75) is 38.1 Å². The summed E-state index contributed by atoms with van der Waals surface area (Å²) in [6.45, 7) is 0.770. The number of benzene rings is 1. The Morgan fingerprint density at radius 2 is 1.88 bits per heavy atom. The Bertz CT molecular complexity index is 751. The summed E-state index contributed by atoms with van der Waals surface area (Å²) < 4.78 is 1.27. The van der Waals surface area contributed by atoms with Gasteiger partial charge in [0.2, 0.25) is 0 Å². The van der Waals surface area contributed by atoms with Crippen molar-refractivity contribution in [2.24, 2.45) is 11.5 Å². The minimum atomic E-state index is -0.0998. The summed E-state index contributed by atoms with van der Waals surface area (Å²) in [5.74, 6) is 0.740.